The highest BCUT2D eigenvalue weighted by molar-refractivity contribution is 6.42. The molecule has 0 saturated carbocycles. The standard InChI is InChI=1S/C13H8Cl2FNO.C13H10Cl2FN/c14-11-6-5-10(7-12(11)15)17-13(18)8-1-3-9(16)4-2-8;14-12-6-5-11(7-13(12)15)17-8-9-1-3-10(16)4-2-9/h1-7H,(H,17,18);1-7,17H,8H2. The maximum absolute atomic E-state index is 12.7. The van der Waals surface area contributed by atoms with Crippen LogP contribution in [0, 0.1) is 11.6 Å². The predicted octanol–water partition coefficient (Wildman–Crippen LogP) is 9.13. The molecule has 1 amide bonds. The second-order valence-electron chi connectivity index (χ2n) is 7.20. The van der Waals surface area contributed by atoms with Crippen LogP contribution in [-0.2, 0) is 6.54 Å². The lowest BCUT2D eigenvalue weighted by atomic mass is 10.2. The van der Waals surface area contributed by atoms with Crippen molar-refractivity contribution >= 4 is 63.7 Å². The molecule has 0 spiro atoms. The lowest BCUT2D eigenvalue weighted by molar-refractivity contribution is 0.102. The summed E-state index contributed by atoms with van der Waals surface area (Å²) >= 11 is 23.3. The Balaban J connectivity index is 0.000000196. The number of halogens is 6. The molecular weight excluding hydrogens is 536 g/mol. The SMILES string of the molecule is Fc1ccc(CNc2ccc(Cl)c(Cl)c2)cc1.O=C(Nc1ccc(Cl)c(Cl)c1)c1ccc(F)cc1. The smallest absolute Gasteiger partial charge is 0.255 e. The average Bonchev–Trinajstić information content (AvgIpc) is 2.84. The second kappa shape index (κ2) is 12.8. The fourth-order valence-electron chi connectivity index (χ4n) is 2.79. The van der Waals surface area contributed by atoms with E-state index in [4.69, 9.17) is 46.4 Å². The predicted molar refractivity (Wildman–Crippen MR) is 141 cm³/mol. The van der Waals surface area contributed by atoms with Gasteiger partial charge >= 0.3 is 0 Å². The summed E-state index contributed by atoms with van der Waals surface area (Å²) in [6.07, 6.45) is 0. The lowest BCUT2D eigenvalue weighted by Gasteiger charge is -2.07. The molecular formula is C26H18Cl4F2N2O. The molecule has 35 heavy (non-hydrogen) atoms. The fourth-order valence-corrected chi connectivity index (χ4v) is 3.39. The second-order valence-corrected chi connectivity index (χ2v) is 8.83. The summed E-state index contributed by atoms with van der Waals surface area (Å²) in [4.78, 5) is 11.8. The minimum Gasteiger partial charge on any atom is -0.381 e. The molecule has 0 fully saturated rings. The van der Waals surface area contributed by atoms with Crippen molar-refractivity contribution in [2.24, 2.45) is 0 Å². The molecule has 4 aromatic carbocycles. The van der Waals surface area contributed by atoms with Crippen molar-refractivity contribution in [3.05, 3.63) is 128 Å². The van der Waals surface area contributed by atoms with Gasteiger partial charge in [-0.25, -0.2) is 8.78 Å². The summed E-state index contributed by atoms with van der Waals surface area (Å²) in [5, 5.41) is 7.63. The average molecular weight is 554 g/mol. The molecule has 0 aliphatic rings. The minimum atomic E-state index is -0.388. The van der Waals surface area contributed by atoms with Crippen LogP contribution in [0.2, 0.25) is 20.1 Å². The van der Waals surface area contributed by atoms with Crippen LogP contribution in [-0.4, -0.2) is 5.91 Å². The zero-order valence-corrected chi connectivity index (χ0v) is 21.0. The Bertz CT molecular complexity index is 1300. The van der Waals surface area contributed by atoms with Crippen LogP contribution in [0.3, 0.4) is 0 Å². The Morgan fingerprint density at radius 2 is 1.11 bits per heavy atom. The van der Waals surface area contributed by atoms with Gasteiger partial charge in [0.1, 0.15) is 11.6 Å². The number of carbonyl (C=O) groups is 1. The minimum absolute atomic E-state index is 0.233. The summed E-state index contributed by atoms with van der Waals surface area (Å²) < 4.78 is 25.4. The third-order valence-corrected chi connectivity index (χ3v) is 6.09. The van der Waals surface area contributed by atoms with Crippen LogP contribution >= 0.6 is 46.4 Å². The summed E-state index contributed by atoms with van der Waals surface area (Å²) in [5.41, 5.74) is 2.77. The van der Waals surface area contributed by atoms with Gasteiger partial charge in [0.2, 0.25) is 0 Å². The first-order valence-corrected chi connectivity index (χ1v) is 11.7. The van der Waals surface area contributed by atoms with E-state index >= 15 is 0 Å². The normalized spacial score (nSPS) is 10.2. The number of anilines is 2. The van der Waals surface area contributed by atoms with E-state index in [0.29, 0.717) is 37.9 Å². The molecule has 2 N–H and O–H groups in total. The first kappa shape index (κ1) is 26.8. The van der Waals surface area contributed by atoms with Crippen molar-refractivity contribution in [3.8, 4) is 0 Å². The van der Waals surface area contributed by atoms with Crippen molar-refractivity contribution in [2.75, 3.05) is 10.6 Å². The number of carbonyl (C=O) groups excluding carboxylic acids is 1. The third-order valence-electron chi connectivity index (χ3n) is 4.61. The van der Waals surface area contributed by atoms with Gasteiger partial charge in [-0.3, -0.25) is 4.79 Å². The maximum atomic E-state index is 12.7. The number of rotatable bonds is 5. The van der Waals surface area contributed by atoms with Gasteiger partial charge in [-0.1, -0.05) is 58.5 Å². The Morgan fingerprint density at radius 3 is 1.66 bits per heavy atom. The number of nitrogens with one attached hydrogen (secondary N) is 2. The van der Waals surface area contributed by atoms with Gasteiger partial charge in [-0.05, 0) is 78.4 Å². The van der Waals surface area contributed by atoms with Gasteiger partial charge in [0.25, 0.3) is 5.91 Å². The molecule has 0 unspecified atom stereocenters. The van der Waals surface area contributed by atoms with E-state index < -0.39 is 0 Å². The van der Waals surface area contributed by atoms with E-state index in [0.717, 1.165) is 11.3 Å². The van der Waals surface area contributed by atoms with Crippen molar-refractivity contribution < 1.29 is 13.6 Å². The van der Waals surface area contributed by atoms with Crippen LogP contribution in [0.1, 0.15) is 15.9 Å². The van der Waals surface area contributed by atoms with E-state index in [1.54, 1.807) is 42.5 Å². The molecule has 9 heteroatoms. The fraction of sp³-hybridized carbons (Fsp3) is 0.0385. The summed E-state index contributed by atoms with van der Waals surface area (Å²) in [6.45, 7) is 0.609. The number of benzene rings is 4. The van der Waals surface area contributed by atoms with Crippen LogP contribution in [0.5, 0.6) is 0 Å². The van der Waals surface area contributed by atoms with Gasteiger partial charge in [0, 0.05) is 23.5 Å². The van der Waals surface area contributed by atoms with E-state index in [1.807, 2.05) is 6.07 Å². The molecule has 0 heterocycles. The van der Waals surface area contributed by atoms with Crippen molar-refractivity contribution in [1.29, 1.82) is 0 Å². The summed E-state index contributed by atoms with van der Waals surface area (Å²) in [5.74, 6) is -0.960. The van der Waals surface area contributed by atoms with E-state index in [-0.39, 0.29) is 17.5 Å². The highest BCUT2D eigenvalue weighted by Crippen LogP contribution is 2.26. The van der Waals surface area contributed by atoms with Crippen LogP contribution in [0.15, 0.2) is 84.9 Å². The summed E-state index contributed by atoms with van der Waals surface area (Å²) in [6, 6.07) is 21.7. The van der Waals surface area contributed by atoms with Crippen LogP contribution in [0.4, 0.5) is 20.2 Å². The quantitative estimate of drug-likeness (QED) is 0.258. The largest absolute Gasteiger partial charge is 0.381 e. The van der Waals surface area contributed by atoms with Gasteiger partial charge in [-0.15, -0.1) is 0 Å². The zero-order valence-electron chi connectivity index (χ0n) is 18.0. The molecule has 4 rings (SSSR count). The molecule has 3 nitrogen and oxygen atoms in total. The first-order valence-electron chi connectivity index (χ1n) is 10.2. The lowest BCUT2D eigenvalue weighted by Crippen LogP contribution is -2.11. The van der Waals surface area contributed by atoms with Gasteiger partial charge < -0.3 is 10.6 Å². The van der Waals surface area contributed by atoms with Crippen molar-refractivity contribution in [2.45, 2.75) is 6.54 Å². The van der Waals surface area contributed by atoms with E-state index in [1.165, 1.54) is 36.4 Å². The van der Waals surface area contributed by atoms with Gasteiger partial charge in [-0.2, -0.15) is 0 Å². The van der Waals surface area contributed by atoms with Crippen molar-refractivity contribution in [1.82, 2.24) is 0 Å². The zero-order chi connectivity index (χ0) is 25.4. The highest BCUT2D eigenvalue weighted by Gasteiger charge is 2.07. The Hall–Kier alpha value is -2.83. The third kappa shape index (κ3) is 8.41. The molecule has 0 aliphatic heterocycles. The topological polar surface area (TPSA) is 41.1 Å². The molecule has 0 bridgehead atoms. The maximum Gasteiger partial charge on any atom is 0.255 e. The number of amides is 1. The molecule has 0 aromatic heterocycles. The Kier molecular flexibility index (Phi) is 9.75. The Morgan fingerprint density at radius 1 is 0.629 bits per heavy atom. The van der Waals surface area contributed by atoms with E-state index in [2.05, 4.69) is 10.6 Å². The molecule has 0 saturated heterocycles. The van der Waals surface area contributed by atoms with Crippen molar-refractivity contribution in [3.63, 3.8) is 0 Å². The molecule has 0 atom stereocenters. The molecule has 180 valence electrons. The molecule has 0 radical (unpaired) electrons. The molecule has 4 aromatic rings. The molecule has 0 aliphatic carbocycles. The first-order chi connectivity index (χ1) is 16.7. The van der Waals surface area contributed by atoms with Crippen LogP contribution in [0.25, 0.3) is 0 Å². The monoisotopic (exact) mass is 552 g/mol. The number of hydrogen-bond donors (Lipinski definition) is 2. The Labute approximate surface area is 221 Å². The van der Waals surface area contributed by atoms with E-state index in [9.17, 15) is 13.6 Å². The van der Waals surface area contributed by atoms with Gasteiger partial charge in [0.15, 0.2) is 0 Å². The summed E-state index contributed by atoms with van der Waals surface area (Å²) in [7, 11) is 0. The highest BCUT2D eigenvalue weighted by atomic mass is 35.5. The number of hydrogen-bond acceptors (Lipinski definition) is 2. The van der Waals surface area contributed by atoms with Gasteiger partial charge in [0.05, 0.1) is 20.1 Å². The van der Waals surface area contributed by atoms with Crippen LogP contribution < -0.4 is 10.6 Å².